The first-order valence-corrected chi connectivity index (χ1v) is 5.31. The zero-order valence-electron chi connectivity index (χ0n) is 8.29. The molecule has 1 aliphatic heterocycles. The SMILES string of the molecule is O=C(CCOCC(F)F)N1CCC(Cl)C1. The van der Waals surface area contributed by atoms with Gasteiger partial charge in [0.25, 0.3) is 6.43 Å². The topological polar surface area (TPSA) is 29.5 Å². The van der Waals surface area contributed by atoms with E-state index < -0.39 is 13.0 Å². The number of amides is 1. The van der Waals surface area contributed by atoms with Gasteiger partial charge in [0.05, 0.1) is 18.4 Å². The van der Waals surface area contributed by atoms with Gasteiger partial charge in [0.1, 0.15) is 6.61 Å². The summed E-state index contributed by atoms with van der Waals surface area (Å²) in [5.74, 6) is -0.0765. The highest BCUT2D eigenvalue weighted by Crippen LogP contribution is 2.15. The van der Waals surface area contributed by atoms with Crippen LogP contribution in [0.25, 0.3) is 0 Å². The standard InChI is InChI=1S/C9H14ClF2NO2/c10-7-1-3-13(5-7)9(14)2-4-15-6-8(11)12/h7-8H,1-6H2. The summed E-state index contributed by atoms with van der Waals surface area (Å²) in [5, 5.41) is 0.0240. The molecule has 6 heteroatoms. The lowest BCUT2D eigenvalue weighted by atomic mass is 10.4. The molecule has 15 heavy (non-hydrogen) atoms. The van der Waals surface area contributed by atoms with Crippen LogP contribution in [0.4, 0.5) is 8.78 Å². The van der Waals surface area contributed by atoms with E-state index in [4.69, 9.17) is 11.6 Å². The van der Waals surface area contributed by atoms with Crippen LogP contribution in [0.3, 0.4) is 0 Å². The fourth-order valence-electron chi connectivity index (χ4n) is 1.43. The van der Waals surface area contributed by atoms with E-state index in [2.05, 4.69) is 4.74 Å². The summed E-state index contributed by atoms with van der Waals surface area (Å²) in [6.07, 6.45) is -1.53. The molecule has 1 fully saturated rings. The average Bonchev–Trinajstić information content (AvgIpc) is 2.59. The number of carbonyl (C=O) groups excluding carboxylic acids is 1. The second-order valence-corrected chi connectivity index (χ2v) is 4.06. The van der Waals surface area contributed by atoms with Crippen LogP contribution in [0.1, 0.15) is 12.8 Å². The molecule has 0 aromatic heterocycles. The third-order valence-corrected chi connectivity index (χ3v) is 2.54. The van der Waals surface area contributed by atoms with E-state index in [0.717, 1.165) is 6.42 Å². The molecule has 0 bridgehead atoms. The van der Waals surface area contributed by atoms with Gasteiger partial charge in [-0.25, -0.2) is 8.78 Å². The Morgan fingerprint density at radius 1 is 1.60 bits per heavy atom. The number of alkyl halides is 3. The van der Waals surface area contributed by atoms with Crippen LogP contribution in [0.15, 0.2) is 0 Å². The Balaban J connectivity index is 2.08. The normalized spacial score (nSPS) is 21.3. The summed E-state index contributed by atoms with van der Waals surface area (Å²) >= 11 is 5.83. The highest BCUT2D eigenvalue weighted by molar-refractivity contribution is 6.21. The molecule has 0 saturated carbocycles. The lowest BCUT2D eigenvalue weighted by molar-refractivity contribution is -0.131. The van der Waals surface area contributed by atoms with Crippen molar-refractivity contribution >= 4 is 17.5 Å². The summed E-state index contributed by atoms with van der Waals surface area (Å²) in [6, 6.07) is 0. The quantitative estimate of drug-likeness (QED) is 0.539. The molecule has 0 aromatic rings. The molecule has 0 radical (unpaired) electrons. The van der Waals surface area contributed by atoms with Gasteiger partial charge in [0, 0.05) is 13.1 Å². The number of likely N-dealkylation sites (tertiary alicyclic amines) is 1. The summed E-state index contributed by atoms with van der Waals surface area (Å²) in [7, 11) is 0. The Hall–Kier alpha value is -0.420. The van der Waals surface area contributed by atoms with Gasteiger partial charge in [0.2, 0.25) is 5.91 Å². The lowest BCUT2D eigenvalue weighted by Gasteiger charge is -2.15. The zero-order valence-corrected chi connectivity index (χ0v) is 9.05. The summed E-state index contributed by atoms with van der Waals surface area (Å²) in [4.78, 5) is 13.1. The first-order chi connectivity index (χ1) is 7.09. The van der Waals surface area contributed by atoms with Crippen molar-refractivity contribution in [2.75, 3.05) is 26.3 Å². The van der Waals surface area contributed by atoms with Gasteiger partial charge in [-0.15, -0.1) is 11.6 Å². The van der Waals surface area contributed by atoms with Crippen molar-refractivity contribution in [1.82, 2.24) is 4.90 Å². The molecule has 0 aromatic carbocycles. The number of rotatable bonds is 5. The minimum atomic E-state index is -2.47. The van der Waals surface area contributed by atoms with Crippen LogP contribution < -0.4 is 0 Å². The Kier molecular flexibility index (Phi) is 5.25. The number of ether oxygens (including phenoxy) is 1. The smallest absolute Gasteiger partial charge is 0.261 e. The molecule has 0 spiro atoms. The number of hydrogen-bond acceptors (Lipinski definition) is 2. The molecule has 0 aliphatic carbocycles. The van der Waals surface area contributed by atoms with Crippen molar-refractivity contribution in [3.8, 4) is 0 Å². The third-order valence-electron chi connectivity index (χ3n) is 2.19. The molecule has 1 atom stereocenters. The maximum Gasteiger partial charge on any atom is 0.261 e. The van der Waals surface area contributed by atoms with Crippen LogP contribution in [-0.2, 0) is 9.53 Å². The second kappa shape index (κ2) is 6.23. The monoisotopic (exact) mass is 241 g/mol. The van der Waals surface area contributed by atoms with Crippen LogP contribution in [0.2, 0.25) is 0 Å². The molecule has 1 aliphatic rings. The Morgan fingerprint density at radius 3 is 2.87 bits per heavy atom. The van der Waals surface area contributed by atoms with E-state index in [9.17, 15) is 13.6 Å². The fraction of sp³-hybridized carbons (Fsp3) is 0.889. The minimum Gasteiger partial charge on any atom is -0.375 e. The van der Waals surface area contributed by atoms with Crippen LogP contribution >= 0.6 is 11.6 Å². The summed E-state index contributed by atoms with van der Waals surface area (Å²) in [6.45, 7) is 0.648. The molecule has 0 N–H and O–H groups in total. The van der Waals surface area contributed by atoms with Gasteiger partial charge in [0.15, 0.2) is 0 Å². The highest BCUT2D eigenvalue weighted by Gasteiger charge is 2.24. The van der Waals surface area contributed by atoms with E-state index in [1.54, 1.807) is 4.90 Å². The van der Waals surface area contributed by atoms with E-state index in [1.807, 2.05) is 0 Å². The lowest BCUT2D eigenvalue weighted by Crippen LogP contribution is -2.29. The molecular formula is C9H14ClF2NO2. The maximum atomic E-state index is 11.7. The fourth-order valence-corrected chi connectivity index (χ4v) is 1.70. The van der Waals surface area contributed by atoms with E-state index in [-0.39, 0.29) is 24.3 Å². The molecule has 3 nitrogen and oxygen atoms in total. The second-order valence-electron chi connectivity index (χ2n) is 3.44. The maximum absolute atomic E-state index is 11.7. The van der Waals surface area contributed by atoms with Crippen molar-refractivity contribution < 1.29 is 18.3 Å². The van der Waals surface area contributed by atoms with Crippen LogP contribution in [0.5, 0.6) is 0 Å². The third kappa shape index (κ3) is 4.75. The minimum absolute atomic E-state index is 0.0240. The van der Waals surface area contributed by atoms with Gasteiger partial charge >= 0.3 is 0 Å². The molecule has 1 saturated heterocycles. The Morgan fingerprint density at radius 2 is 2.33 bits per heavy atom. The summed E-state index contributed by atoms with van der Waals surface area (Å²) in [5.41, 5.74) is 0. The first kappa shape index (κ1) is 12.6. The number of hydrogen-bond donors (Lipinski definition) is 0. The largest absolute Gasteiger partial charge is 0.375 e. The first-order valence-electron chi connectivity index (χ1n) is 4.87. The van der Waals surface area contributed by atoms with Crippen molar-refractivity contribution in [2.45, 2.75) is 24.6 Å². The van der Waals surface area contributed by atoms with Crippen molar-refractivity contribution in [1.29, 1.82) is 0 Å². The van der Waals surface area contributed by atoms with Crippen molar-refractivity contribution in [3.05, 3.63) is 0 Å². The van der Waals surface area contributed by atoms with E-state index in [1.165, 1.54) is 0 Å². The highest BCUT2D eigenvalue weighted by atomic mass is 35.5. The van der Waals surface area contributed by atoms with Crippen molar-refractivity contribution in [3.63, 3.8) is 0 Å². The molecule has 1 amide bonds. The van der Waals surface area contributed by atoms with E-state index in [0.29, 0.717) is 13.1 Å². The van der Waals surface area contributed by atoms with Crippen LogP contribution in [0, 0.1) is 0 Å². The van der Waals surface area contributed by atoms with Gasteiger partial charge in [-0.3, -0.25) is 4.79 Å². The van der Waals surface area contributed by atoms with Gasteiger partial charge in [-0.05, 0) is 6.42 Å². The number of halogens is 3. The predicted octanol–water partition coefficient (Wildman–Crippen LogP) is 1.50. The average molecular weight is 242 g/mol. The zero-order chi connectivity index (χ0) is 11.3. The molecule has 1 heterocycles. The molecule has 1 rings (SSSR count). The molecular weight excluding hydrogens is 228 g/mol. The number of nitrogens with zero attached hydrogens (tertiary/aromatic N) is 1. The predicted molar refractivity (Wildman–Crippen MR) is 52.3 cm³/mol. The Bertz CT molecular complexity index is 216. The van der Waals surface area contributed by atoms with E-state index >= 15 is 0 Å². The van der Waals surface area contributed by atoms with Crippen LogP contribution in [-0.4, -0.2) is 48.9 Å². The molecule has 1 unspecified atom stereocenters. The van der Waals surface area contributed by atoms with Crippen molar-refractivity contribution in [2.24, 2.45) is 0 Å². The summed E-state index contributed by atoms with van der Waals surface area (Å²) < 4.78 is 28.0. The Labute approximate surface area is 92.3 Å². The van der Waals surface area contributed by atoms with Gasteiger partial charge in [-0.2, -0.15) is 0 Å². The number of carbonyl (C=O) groups is 1. The van der Waals surface area contributed by atoms with Gasteiger partial charge < -0.3 is 9.64 Å². The van der Waals surface area contributed by atoms with Gasteiger partial charge in [-0.1, -0.05) is 0 Å². The molecule has 88 valence electrons.